The molecule has 2 aromatic carbocycles. The highest BCUT2D eigenvalue weighted by molar-refractivity contribution is 6.04. The van der Waals surface area contributed by atoms with Crippen LogP contribution in [0, 0.1) is 13.8 Å². The van der Waals surface area contributed by atoms with Crippen molar-refractivity contribution in [3.05, 3.63) is 79.9 Å². The van der Waals surface area contributed by atoms with E-state index in [1.54, 1.807) is 42.5 Å². The first-order valence-electron chi connectivity index (χ1n) is 9.70. The SMILES string of the molecule is COc1ccc(Cn2c(=O)cc(C)c3cc4c(C)cc(=O)n(C)c4c(OC)c32)cc1. The van der Waals surface area contributed by atoms with Crippen LogP contribution < -0.4 is 20.6 Å². The molecule has 2 aromatic heterocycles. The first-order chi connectivity index (χ1) is 14.3. The van der Waals surface area contributed by atoms with Crippen LogP contribution in [0.1, 0.15) is 16.7 Å². The Bertz CT molecular complexity index is 1400. The molecule has 0 aliphatic heterocycles. The number of ether oxygens (including phenoxy) is 2. The van der Waals surface area contributed by atoms with E-state index in [1.165, 1.54) is 0 Å². The second kappa shape index (κ2) is 7.37. The van der Waals surface area contributed by atoms with Crippen molar-refractivity contribution >= 4 is 21.8 Å². The van der Waals surface area contributed by atoms with Gasteiger partial charge in [0.2, 0.25) is 0 Å². The minimum atomic E-state index is -0.119. The topological polar surface area (TPSA) is 62.5 Å². The standard InChI is InChI=1S/C24H24N2O4/c1-14-10-20(27)25(3)22-18(14)12-19-15(2)11-21(28)26(23(19)24(22)30-5)13-16-6-8-17(29-4)9-7-16/h6-12H,13H2,1-5H3. The Morgan fingerprint density at radius 1 is 0.800 bits per heavy atom. The van der Waals surface area contributed by atoms with Gasteiger partial charge in [-0.1, -0.05) is 12.1 Å². The maximum absolute atomic E-state index is 13.0. The molecule has 0 saturated heterocycles. The molecule has 0 spiro atoms. The number of hydrogen-bond donors (Lipinski definition) is 0. The number of pyridine rings is 2. The lowest BCUT2D eigenvalue weighted by atomic mass is 10.0. The molecule has 6 heteroatoms. The molecule has 0 atom stereocenters. The van der Waals surface area contributed by atoms with Crippen LogP contribution in [0.25, 0.3) is 21.8 Å². The Labute approximate surface area is 173 Å². The summed E-state index contributed by atoms with van der Waals surface area (Å²) in [4.78, 5) is 25.5. The van der Waals surface area contributed by atoms with Crippen LogP contribution >= 0.6 is 0 Å². The van der Waals surface area contributed by atoms with E-state index in [4.69, 9.17) is 9.47 Å². The van der Waals surface area contributed by atoms with Crippen molar-refractivity contribution in [2.45, 2.75) is 20.4 Å². The molecule has 154 valence electrons. The van der Waals surface area contributed by atoms with Crippen molar-refractivity contribution in [3.8, 4) is 11.5 Å². The normalized spacial score (nSPS) is 11.2. The van der Waals surface area contributed by atoms with Gasteiger partial charge in [0.1, 0.15) is 5.75 Å². The molecular formula is C24H24N2O4. The lowest BCUT2D eigenvalue weighted by Gasteiger charge is -2.19. The van der Waals surface area contributed by atoms with Crippen molar-refractivity contribution in [2.24, 2.45) is 7.05 Å². The summed E-state index contributed by atoms with van der Waals surface area (Å²) in [5.41, 5.74) is 3.84. The average molecular weight is 404 g/mol. The third-order valence-corrected chi connectivity index (χ3v) is 5.66. The van der Waals surface area contributed by atoms with E-state index in [1.807, 2.05) is 44.2 Å². The van der Waals surface area contributed by atoms with E-state index < -0.39 is 0 Å². The largest absolute Gasteiger partial charge is 0.497 e. The first kappa shape index (κ1) is 19.8. The van der Waals surface area contributed by atoms with Gasteiger partial charge < -0.3 is 18.6 Å². The zero-order valence-corrected chi connectivity index (χ0v) is 17.8. The fourth-order valence-electron chi connectivity index (χ4n) is 4.02. The summed E-state index contributed by atoms with van der Waals surface area (Å²) in [6.07, 6.45) is 0. The van der Waals surface area contributed by atoms with E-state index in [0.717, 1.165) is 33.2 Å². The molecule has 30 heavy (non-hydrogen) atoms. The molecule has 2 heterocycles. The van der Waals surface area contributed by atoms with Gasteiger partial charge in [0.15, 0.2) is 5.75 Å². The highest BCUT2D eigenvalue weighted by atomic mass is 16.5. The molecule has 0 fully saturated rings. The van der Waals surface area contributed by atoms with Crippen LogP contribution in [0.2, 0.25) is 0 Å². The van der Waals surface area contributed by atoms with E-state index >= 15 is 0 Å². The number of hydrogen-bond acceptors (Lipinski definition) is 4. The predicted octanol–water partition coefficient (Wildman–Crippen LogP) is 3.54. The van der Waals surface area contributed by atoms with Gasteiger partial charge in [0, 0.05) is 30.0 Å². The van der Waals surface area contributed by atoms with E-state index in [2.05, 4.69) is 0 Å². The quantitative estimate of drug-likeness (QED) is 0.488. The fraction of sp³-hybridized carbons (Fsp3) is 0.250. The van der Waals surface area contributed by atoms with Crippen LogP contribution in [0.15, 0.2) is 52.1 Å². The van der Waals surface area contributed by atoms with Gasteiger partial charge in [-0.05, 0) is 48.7 Å². The summed E-state index contributed by atoms with van der Waals surface area (Å²) in [6.45, 7) is 4.21. The Kier molecular flexibility index (Phi) is 4.86. The summed E-state index contributed by atoms with van der Waals surface area (Å²) in [6, 6.07) is 12.9. The lowest BCUT2D eigenvalue weighted by molar-refractivity contribution is 0.414. The number of aromatic nitrogens is 2. The lowest BCUT2D eigenvalue weighted by Crippen LogP contribution is -2.23. The van der Waals surface area contributed by atoms with Crippen molar-refractivity contribution in [2.75, 3.05) is 14.2 Å². The number of methoxy groups -OCH3 is 2. The number of fused-ring (bicyclic) bond motifs is 2. The Balaban J connectivity index is 2.11. The summed E-state index contributed by atoms with van der Waals surface area (Å²) in [5.74, 6) is 1.29. The third-order valence-electron chi connectivity index (χ3n) is 5.66. The second-order valence-electron chi connectivity index (χ2n) is 7.53. The van der Waals surface area contributed by atoms with Gasteiger partial charge in [-0.3, -0.25) is 9.59 Å². The van der Waals surface area contributed by atoms with Gasteiger partial charge >= 0.3 is 0 Å². The molecule has 6 nitrogen and oxygen atoms in total. The number of aryl methyl sites for hydroxylation is 3. The van der Waals surface area contributed by atoms with Crippen molar-refractivity contribution in [3.63, 3.8) is 0 Å². The number of rotatable bonds is 4. The van der Waals surface area contributed by atoms with Crippen molar-refractivity contribution in [1.29, 1.82) is 0 Å². The van der Waals surface area contributed by atoms with E-state index in [9.17, 15) is 9.59 Å². The summed E-state index contributed by atoms with van der Waals surface area (Å²) in [7, 11) is 4.92. The van der Waals surface area contributed by atoms with E-state index in [-0.39, 0.29) is 11.1 Å². The number of nitrogens with zero attached hydrogens (tertiary/aromatic N) is 2. The van der Waals surface area contributed by atoms with Crippen LogP contribution in [-0.4, -0.2) is 23.4 Å². The van der Waals surface area contributed by atoms with Crippen molar-refractivity contribution < 1.29 is 9.47 Å². The summed E-state index contributed by atoms with van der Waals surface area (Å²) in [5, 5.41) is 1.86. The van der Waals surface area contributed by atoms with Gasteiger partial charge in [0.05, 0.1) is 31.8 Å². The van der Waals surface area contributed by atoms with Crippen LogP contribution in [0.3, 0.4) is 0 Å². The molecule has 4 aromatic rings. The highest BCUT2D eigenvalue weighted by Gasteiger charge is 2.19. The van der Waals surface area contributed by atoms with Crippen LogP contribution in [-0.2, 0) is 13.6 Å². The molecule has 4 rings (SSSR count). The number of benzene rings is 2. The fourth-order valence-corrected chi connectivity index (χ4v) is 4.02. The third kappa shape index (κ3) is 3.05. The maximum atomic E-state index is 13.0. The molecule has 0 unspecified atom stereocenters. The summed E-state index contributed by atoms with van der Waals surface area (Å²) < 4.78 is 14.3. The smallest absolute Gasteiger partial charge is 0.251 e. The predicted molar refractivity (Wildman–Crippen MR) is 119 cm³/mol. The minimum absolute atomic E-state index is 0.116. The Hall–Kier alpha value is -3.54. The van der Waals surface area contributed by atoms with Gasteiger partial charge in [0.25, 0.3) is 11.1 Å². The summed E-state index contributed by atoms with van der Waals surface area (Å²) >= 11 is 0. The van der Waals surface area contributed by atoms with Crippen LogP contribution in [0.5, 0.6) is 11.5 Å². The van der Waals surface area contributed by atoms with Gasteiger partial charge in [-0.2, -0.15) is 0 Å². The highest BCUT2D eigenvalue weighted by Crippen LogP contribution is 2.36. The zero-order valence-electron chi connectivity index (χ0n) is 17.8. The monoisotopic (exact) mass is 404 g/mol. The molecule has 0 saturated carbocycles. The Morgan fingerprint density at radius 3 is 2.00 bits per heavy atom. The molecule has 0 aliphatic carbocycles. The second-order valence-corrected chi connectivity index (χ2v) is 7.53. The van der Waals surface area contributed by atoms with Crippen molar-refractivity contribution in [1.82, 2.24) is 9.13 Å². The molecule has 0 aliphatic rings. The molecule has 0 amide bonds. The molecular weight excluding hydrogens is 380 g/mol. The molecule has 0 bridgehead atoms. The minimum Gasteiger partial charge on any atom is -0.497 e. The van der Waals surface area contributed by atoms with Gasteiger partial charge in [-0.25, -0.2) is 0 Å². The molecule has 0 N–H and O–H groups in total. The average Bonchev–Trinajstić information content (AvgIpc) is 2.74. The zero-order chi connectivity index (χ0) is 21.6. The van der Waals surface area contributed by atoms with Crippen LogP contribution in [0.4, 0.5) is 0 Å². The Morgan fingerprint density at radius 2 is 1.40 bits per heavy atom. The maximum Gasteiger partial charge on any atom is 0.251 e. The molecule has 0 radical (unpaired) electrons. The van der Waals surface area contributed by atoms with E-state index in [0.29, 0.717) is 23.3 Å². The first-order valence-corrected chi connectivity index (χ1v) is 9.70. The van der Waals surface area contributed by atoms with Gasteiger partial charge in [-0.15, -0.1) is 0 Å².